The number of halogens is 1. The van der Waals surface area contributed by atoms with E-state index >= 15 is 0 Å². The number of sulfonamides is 1. The van der Waals surface area contributed by atoms with Gasteiger partial charge in [-0.2, -0.15) is 4.31 Å². The number of benzene rings is 3. The number of esters is 1. The highest BCUT2D eigenvalue weighted by molar-refractivity contribution is 7.89. The second-order valence-corrected chi connectivity index (χ2v) is 11.1. The van der Waals surface area contributed by atoms with Crippen molar-refractivity contribution in [2.75, 3.05) is 24.6 Å². The maximum absolute atomic E-state index is 13.5. The highest BCUT2D eigenvalue weighted by Gasteiger charge is 2.38. The molecule has 0 spiro atoms. The van der Waals surface area contributed by atoms with Crippen molar-refractivity contribution in [2.24, 2.45) is 0 Å². The number of carbonyl (C=O) groups excluding carboxylic acids is 2. The Morgan fingerprint density at radius 3 is 2.38 bits per heavy atom. The van der Waals surface area contributed by atoms with E-state index in [4.69, 9.17) is 4.74 Å². The number of fused-ring (bicyclic) bond motifs is 2. The molecular weight excluding hydrogens is 495 g/mol. The average molecular weight is 523 g/mol. The molecule has 192 valence electrons. The summed E-state index contributed by atoms with van der Waals surface area (Å²) in [5, 5.41) is 0. The van der Waals surface area contributed by atoms with Crippen LogP contribution in [0.3, 0.4) is 0 Å². The zero-order valence-corrected chi connectivity index (χ0v) is 21.0. The van der Waals surface area contributed by atoms with E-state index in [1.807, 2.05) is 36.4 Å². The minimum atomic E-state index is -4.01. The molecular formula is C28H27FN2O5S. The molecule has 1 amide bonds. The third-order valence-corrected chi connectivity index (χ3v) is 8.83. The van der Waals surface area contributed by atoms with Crippen LogP contribution in [0.15, 0.2) is 77.7 Å². The molecule has 0 saturated heterocycles. The van der Waals surface area contributed by atoms with Crippen LogP contribution in [0.4, 0.5) is 10.1 Å². The first kappa shape index (κ1) is 25.1. The third-order valence-electron chi connectivity index (χ3n) is 6.91. The first-order valence-electron chi connectivity index (χ1n) is 12.2. The van der Waals surface area contributed by atoms with E-state index in [9.17, 15) is 22.4 Å². The average Bonchev–Trinajstić information content (AvgIpc) is 2.91. The van der Waals surface area contributed by atoms with Gasteiger partial charge in [-0.1, -0.05) is 42.5 Å². The van der Waals surface area contributed by atoms with Crippen molar-refractivity contribution in [1.82, 2.24) is 4.31 Å². The van der Waals surface area contributed by atoms with Crippen molar-refractivity contribution in [3.05, 3.63) is 95.3 Å². The largest absolute Gasteiger partial charge is 0.455 e. The summed E-state index contributed by atoms with van der Waals surface area (Å²) >= 11 is 0. The summed E-state index contributed by atoms with van der Waals surface area (Å²) in [6.45, 7) is 0.289. The fraction of sp³-hybridized carbons (Fsp3) is 0.286. The van der Waals surface area contributed by atoms with Crippen LogP contribution < -0.4 is 4.90 Å². The molecule has 1 unspecified atom stereocenters. The summed E-state index contributed by atoms with van der Waals surface area (Å²) in [4.78, 5) is 27.4. The number of para-hydroxylation sites is 1. The van der Waals surface area contributed by atoms with E-state index in [1.165, 1.54) is 16.4 Å². The van der Waals surface area contributed by atoms with Crippen LogP contribution in [0, 0.1) is 5.82 Å². The molecule has 2 aliphatic heterocycles. The van der Waals surface area contributed by atoms with Gasteiger partial charge < -0.3 is 9.64 Å². The number of aryl methyl sites for hydroxylation is 1. The van der Waals surface area contributed by atoms with Crippen molar-refractivity contribution < 1.29 is 27.1 Å². The SMILES string of the molecule is O=C(CC1c2ccccc2CCN1S(=O)(=O)c1ccc(F)cc1)OCC(=O)N1CCCc2ccccc21. The molecule has 2 heterocycles. The molecule has 3 aromatic rings. The van der Waals surface area contributed by atoms with Crippen molar-refractivity contribution in [3.63, 3.8) is 0 Å². The number of hydrogen-bond donors (Lipinski definition) is 0. The van der Waals surface area contributed by atoms with Gasteiger partial charge in [0.05, 0.1) is 17.4 Å². The molecule has 37 heavy (non-hydrogen) atoms. The molecule has 2 aliphatic rings. The van der Waals surface area contributed by atoms with Crippen molar-refractivity contribution in [2.45, 2.75) is 36.6 Å². The lowest BCUT2D eigenvalue weighted by atomic mass is 9.92. The summed E-state index contributed by atoms with van der Waals surface area (Å²) in [6, 6.07) is 18.9. The molecule has 0 bridgehead atoms. The van der Waals surface area contributed by atoms with Crippen LogP contribution in [-0.2, 0) is 37.2 Å². The van der Waals surface area contributed by atoms with Crippen molar-refractivity contribution in [3.8, 4) is 0 Å². The van der Waals surface area contributed by atoms with E-state index in [2.05, 4.69) is 0 Å². The Hall–Kier alpha value is -3.56. The predicted molar refractivity (Wildman–Crippen MR) is 136 cm³/mol. The van der Waals surface area contributed by atoms with Gasteiger partial charge in [0.15, 0.2) is 6.61 Å². The van der Waals surface area contributed by atoms with Gasteiger partial charge in [-0.15, -0.1) is 0 Å². The van der Waals surface area contributed by atoms with Gasteiger partial charge >= 0.3 is 5.97 Å². The fourth-order valence-electron chi connectivity index (χ4n) is 5.10. The minimum Gasteiger partial charge on any atom is -0.455 e. The number of amides is 1. The molecule has 0 fully saturated rings. The second kappa shape index (κ2) is 10.4. The van der Waals surface area contributed by atoms with Crippen molar-refractivity contribution >= 4 is 27.6 Å². The van der Waals surface area contributed by atoms with Crippen LogP contribution in [-0.4, -0.2) is 44.3 Å². The highest BCUT2D eigenvalue weighted by atomic mass is 32.2. The Balaban J connectivity index is 1.33. The van der Waals surface area contributed by atoms with Gasteiger partial charge in [0, 0.05) is 18.8 Å². The number of carbonyl (C=O) groups is 2. The van der Waals surface area contributed by atoms with Crippen LogP contribution in [0.5, 0.6) is 0 Å². The Morgan fingerprint density at radius 1 is 0.892 bits per heavy atom. The van der Waals surface area contributed by atoms with Gasteiger partial charge in [-0.05, 0) is 66.3 Å². The fourth-order valence-corrected chi connectivity index (χ4v) is 6.71. The van der Waals surface area contributed by atoms with Gasteiger partial charge in [-0.25, -0.2) is 12.8 Å². The molecule has 1 atom stereocenters. The number of rotatable bonds is 6. The van der Waals surface area contributed by atoms with Crippen LogP contribution >= 0.6 is 0 Å². The Morgan fingerprint density at radius 2 is 1.59 bits per heavy atom. The zero-order valence-electron chi connectivity index (χ0n) is 20.2. The minimum absolute atomic E-state index is 0.0504. The zero-order chi connectivity index (χ0) is 26.0. The van der Waals surface area contributed by atoms with Crippen LogP contribution in [0.1, 0.15) is 35.6 Å². The van der Waals surface area contributed by atoms with Gasteiger partial charge in [0.1, 0.15) is 5.82 Å². The van der Waals surface area contributed by atoms with Crippen molar-refractivity contribution in [1.29, 1.82) is 0 Å². The first-order chi connectivity index (χ1) is 17.8. The summed E-state index contributed by atoms with van der Waals surface area (Å²) in [5.74, 6) is -1.52. The van der Waals surface area contributed by atoms with E-state index < -0.39 is 34.5 Å². The van der Waals surface area contributed by atoms with E-state index in [-0.39, 0.29) is 23.8 Å². The predicted octanol–water partition coefficient (Wildman–Crippen LogP) is 4.03. The van der Waals surface area contributed by atoms with E-state index in [0.29, 0.717) is 18.5 Å². The quantitative estimate of drug-likeness (QED) is 0.457. The molecule has 0 aliphatic carbocycles. The summed E-state index contributed by atoms with van der Waals surface area (Å²) in [5.41, 5.74) is 3.57. The molecule has 7 nitrogen and oxygen atoms in total. The number of anilines is 1. The lowest BCUT2D eigenvalue weighted by Crippen LogP contribution is -2.41. The highest BCUT2D eigenvalue weighted by Crippen LogP contribution is 2.36. The van der Waals surface area contributed by atoms with Crippen LogP contribution in [0.25, 0.3) is 0 Å². The Kier molecular flexibility index (Phi) is 7.08. The molecule has 0 radical (unpaired) electrons. The summed E-state index contributed by atoms with van der Waals surface area (Å²) in [7, 11) is -4.01. The molecule has 0 saturated carbocycles. The van der Waals surface area contributed by atoms with Gasteiger partial charge in [-0.3, -0.25) is 9.59 Å². The number of ether oxygens (including phenoxy) is 1. The second-order valence-electron chi connectivity index (χ2n) is 9.18. The Bertz CT molecular complexity index is 1420. The van der Waals surface area contributed by atoms with Gasteiger partial charge in [0.2, 0.25) is 10.0 Å². The van der Waals surface area contributed by atoms with E-state index in [1.54, 1.807) is 17.0 Å². The Labute approximate surface area is 215 Å². The first-order valence-corrected chi connectivity index (χ1v) is 13.7. The lowest BCUT2D eigenvalue weighted by molar-refractivity contribution is -0.148. The third kappa shape index (κ3) is 5.14. The van der Waals surface area contributed by atoms with Gasteiger partial charge in [0.25, 0.3) is 5.91 Å². The molecule has 9 heteroatoms. The lowest BCUT2D eigenvalue weighted by Gasteiger charge is -2.36. The maximum atomic E-state index is 13.5. The van der Waals surface area contributed by atoms with Crippen LogP contribution in [0.2, 0.25) is 0 Å². The summed E-state index contributed by atoms with van der Waals surface area (Å²) in [6.07, 6.45) is 1.95. The maximum Gasteiger partial charge on any atom is 0.308 e. The molecule has 0 aromatic heterocycles. The normalized spacial score (nSPS) is 17.5. The molecule has 5 rings (SSSR count). The molecule has 0 N–H and O–H groups in total. The standard InChI is InChI=1S/C28H27FN2O5S/c29-22-11-13-23(14-12-22)37(34,35)31-17-15-20-6-1-3-9-24(20)26(31)18-28(33)36-19-27(32)30-16-5-8-21-7-2-4-10-25(21)30/h1-4,6-7,9-14,26H,5,8,15-19H2. The summed E-state index contributed by atoms with van der Waals surface area (Å²) < 4.78 is 47.0. The smallest absolute Gasteiger partial charge is 0.308 e. The monoisotopic (exact) mass is 522 g/mol. The number of nitrogens with zero attached hydrogens (tertiary/aromatic N) is 2. The number of hydrogen-bond acceptors (Lipinski definition) is 5. The van der Waals surface area contributed by atoms with E-state index in [0.717, 1.165) is 41.8 Å². The molecule has 3 aromatic carbocycles. The topological polar surface area (TPSA) is 84.0 Å².